The molecule has 5 heteroatoms. The predicted octanol–water partition coefficient (Wildman–Crippen LogP) is 0.915. The van der Waals surface area contributed by atoms with Gasteiger partial charge < -0.3 is 15.4 Å². The molecular formula is C12H17N3O2. The molecular weight excluding hydrogens is 218 g/mol. The van der Waals surface area contributed by atoms with Crippen LogP contribution in [0.25, 0.3) is 0 Å². The number of rotatable bonds is 1. The summed E-state index contributed by atoms with van der Waals surface area (Å²) in [5.74, 6) is -0.0797. The lowest BCUT2D eigenvalue weighted by atomic mass is 10.0. The van der Waals surface area contributed by atoms with Crippen LogP contribution >= 0.6 is 0 Å². The van der Waals surface area contributed by atoms with Gasteiger partial charge in [0, 0.05) is 24.6 Å². The third-order valence-electron chi connectivity index (χ3n) is 2.98. The summed E-state index contributed by atoms with van der Waals surface area (Å²) in [6, 6.07) is 1.64. The SMILES string of the molecule is CC1(C)COCCN1C(=O)c1cnccc1N. The smallest absolute Gasteiger partial charge is 0.258 e. The van der Waals surface area contributed by atoms with E-state index in [1.807, 2.05) is 13.8 Å². The zero-order valence-electron chi connectivity index (χ0n) is 10.1. The second-order valence-corrected chi connectivity index (χ2v) is 4.78. The van der Waals surface area contributed by atoms with Gasteiger partial charge >= 0.3 is 0 Å². The van der Waals surface area contributed by atoms with Crippen molar-refractivity contribution in [2.24, 2.45) is 0 Å². The fourth-order valence-corrected chi connectivity index (χ4v) is 1.96. The van der Waals surface area contributed by atoms with Crippen molar-refractivity contribution < 1.29 is 9.53 Å². The molecule has 0 radical (unpaired) electrons. The van der Waals surface area contributed by atoms with Crippen LogP contribution in [0.15, 0.2) is 18.5 Å². The van der Waals surface area contributed by atoms with Gasteiger partial charge in [0.15, 0.2) is 0 Å². The molecule has 0 atom stereocenters. The Kier molecular flexibility index (Phi) is 3.02. The number of morpholine rings is 1. The van der Waals surface area contributed by atoms with Crippen molar-refractivity contribution in [2.45, 2.75) is 19.4 Å². The van der Waals surface area contributed by atoms with Crippen molar-refractivity contribution in [2.75, 3.05) is 25.5 Å². The Bertz CT molecular complexity index is 432. The number of hydrogen-bond acceptors (Lipinski definition) is 4. The summed E-state index contributed by atoms with van der Waals surface area (Å²) in [4.78, 5) is 18.1. The van der Waals surface area contributed by atoms with E-state index in [2.05, 4.69) is 4.98 Å². The van der Waals surface area contributed by atoms with Gasteiger partial charge in [-0.05, 0) is 19.9 Å². The van der Waals surface area contributed by atoms with Crippen molar-refractivity contribution in [1.29, 1.82) is 0 Å². The van der Waals surface area contributed by atoms with Crippen molar-refractivity contribution in [1.82, 2.24) is 9.88 Å². The van der Waals surface area contributed by atoms with Crippen LogP contribution in [0.1, 0.15) is 24.2 Å². The van der Waals surface area contributed by atoms with Crippen LogP contribution in [-0.2, 0) is 4.74 Å². The number of carbonyl (C=O) groups is 1. The largest absolute Gasteiger partial charge is 0.398 e. The van der Waals surface area contributed by atoms with E-state index in [4.69, 9.17) is 10.5 Å². The number of hydrogen-bond donors (Lipinski definition) is 1. The summed E-state index contributed by atoms with van der Waals surface area (Å²) in [7, 11) is 0. The molecule has 1 fully saturated rings. The Hall–Kier alpha value is -1.62. The molecule has 1 aromatic heterocycles. The first kappa shape index (κ1) is 11.9. The summed E-state index contributed by atoms with van der Waals surface area (Å²) >= 11 is 0. The van der Waals surface area contributed by atoms with Gasteiger partial charge in [-0.1, -0.05) is 0 Å². The minimum absolute atomic E-state index is 0.0797. The number of ether oxygens (including phenoxy) is 1. The molecule has 1 aliphatic rings. The van der Waals surface area contributed by atoms with E-state index in [1.165, 1.54) is 6.20 Å². The molecule has 1 aromatic rings. The summed E-state index contributed by atoms with van der Waals surface area (Å²) < 4.78 is 5.39. The highest BCUT2D eigenvalue weighted by Crippen LogP contribution is 2.23. The van der Waals surface area contributed by atoms with Gasteiger partial charge in [-0.25, -0.2) is 0 Å². The lowest BCUT2D eigenvalue weighted by molar-refractivity contribution is -0.0370. The summed E-state index contributed by atoms with van der Waals surface area (Å²) in [6.07, 6.45) is 3.10. The highest BCUT2D eigenvalue weighted by atomic mass is 16.5. The normalized spacial score (nSPS) is 19.1. The molecule has 2 rings (SSSR count). The van der Waals surface area contributed by atoms with Crippen LogP contribution in [0.4, 0.5) is 5.69 Å². The molecule has 1 aliphatic heterocycles. The van der Waals surface area contributed by atoms with Crippen LogP contribution in [0, 0.1) is 0 Å². The van der Waals surface area contributed by atoms with E-state index < -0.39 is 0 Å². The van der Waals surface area contributed by atoms with Gasteiger partial charge in [0.1, 0.15) is 0 Å². The minimum Gasteiger partial charge on any atom is -0.398 e. The number of nitrogen functional groups attached to an aromatic ring is 1. The molecule has 5 nitrogen and oxygen atoms in total. The molecule has 0 bridgehead atoms. The van der Waals surface area contributed by atoms with Crippen LogP contribution in [0.5, 0.6) is 0 Å². The maximum atomic E-state index is 12.4. The zero-order chi connectivity index (χ0) is 12.5. The van der Waals surface area contributed by atoms with Gasteiger partial charge in [0.25, 0.3) is 5.91 Å². The number of amides is 1. The van der Waals surface area contributed by atoms with E-state index >= 15 is 0 Å². The first-order valence-electron chi connectivity index (χ1n) is 5.61. The van der Waals surface area contributed by atoms with Crippen molar-refractivity contribution in [3.63, 3.8) is 0 Å². The standard InChI is InChI=1S/C12H17N3O2/c1-12(2)8-17-6-5-15(12)11(16)9-7-14-4-3-10(9)13/h3-4,7H,5-6,8H2,1-2H3,(H2,13,14). The lowest BCUT2D eigenvalue weighted by Gasteiger charge is -2.42. The minimum atomic E-state index is -0.308. The maximum Gasteiger partial charge on any atom is 0.258 e. The van der Waals surface area contributed by atoms with Gasteiger partial charge in [-0.3, -0.25) is 9.78 Å². The quantitative estimate of drug-likeness (QED) is 0.785. The van der Waals surface area contributed by atoms with Crippen LogP contribution in [0.2, 0.25) is 0 Å². The number of pyridine rings is 1. The third kappa shape index (κ3) is 2.24. The molecule has 0 spiro atoms. The van der Waals surface area contributed by atoms with Crippen LogP contribution in [-0.4, -0.2) is 41.1 Å². The Morgan fingerprint density at radius 2 is 2.35 bits per heavy atom. The van der Waals surface area contributed by atoms with Crippen LogP contribution < -0.4 is 5.73 Å². The molecule has 2 N–H and O–H groups in total. The highest BCUT2D eigenvalue weighted by Gasteiger charge is 2.35. The molecule has 0 unspecified atom stereocenters. The summed E-state index contributed by atoms with van der Waals surface area (Å²) in [6.45, 7) is 5.65. The molecule has 17 heavy (non-hydrogen) atoms. The van der Waals surface area contributed by atoms with Gasteiger partial charge in [0.05, 0.1) is 24.3 Å². The third-order valence-corrected chi connectivity index (χ3v) is 2.98. The molecule has 0 aromatic carbocycles. The van der Waals surface area contributed by atoms with E-state index in [1.54, 1.807) is 17.2 Å². The predicted molar refractivity (Wildman–Crippen MR) is 64.6 cm³/mol. The summed E-state index contributed by atoms with van der Waals surface area (Å²) in [5, 5.41) is 0. The molecule has 0 saturated carbocycles. The number of nitrogens with zero attached hydrogens (tertiary/aromatic N) is 2. The number of anilines is 1. The second kappa shape index (κ2) is 4.33. The van der Waals surface area contributed by atoms with E-state index in [9.17, 15) is 4.79 Å². The van der Waals surface area contributed by atoms with Gasteiger partial charge in [-0.2, -0.15) is 0 Å². The molecule has 1 amide bonds. The van der Waals surface area contributed by atoms with Crippen molar-refractivity contribution in [3.8, 4) is 0 Å². The van der Waals surface area contributed by atoms with Crippen molar-refractivity contribution in [3.05, 3.63) is 24.0 Å². The fraction of sp³-hybridized carbons (Fsp3) is 0.500. The fourth-order valence-electron chi connectivity index (χ4n) is 1.96. The van der Waals surface area contributed by atoms with Gasteiger partial charge in [0.2, 0.25) is 0 Å². The average molecular weight is 235 g/mol. The number of carbonyl (C=O) groups excluding carboxylic acids is 1. The monoisotopic (exact) mass is 235 g/mol. The van der Waals surface area contributed by atoms with E-state index in [-0.39, 0.29) is 11.4 Å². The zero-order valence-corrected chi connectivity index (χ0v) is 10.1. The van der Waals surface area contributed by atoms with Crippen LogP contribution in [0.3, 0.4) is 0 Å². The first-order chi connectivity index (χ1) is 8.02. The molecule has 2 heterocycles. The Labute approximate surface area is 101 Å². The number of aromatic nitrogens is 1. The van der Waals surface area contributed by atoms with Crippen molar-refractivity contribution >= 4 is 11.6 Å². The average Bonchev–Trinajstić information content (AvgIpc) is 2.28. The van der Waals surface area contributed by atoms with E-state index in [0.717, 1.165) is 0 Å². The van der Waals surface area contributed by atoms with E-state index in [0.29, 0.717) is 31.0 Å². The summed E-state index contributed by atoms with van der Waals surface area (Å²) in [5.41, 5.74) is 6.42. The Morgan fingerprint density at radius 1 is 1.59 bits per heavy atom. The van der Waals surface area contributed by atoms with Gasteiger partial charge in [-0.15, -0.1) is 0 Å². The second-order valence-electron chi connectivity index (χ2n) is 4.78. The molecule has 92 valence electrons. The topological polar surface area (TPSA) is 68.5 Å². The number of nitrogens with two attached hydrogens (primary N) is 1. The maximum absolute atomic E-state index is 12.4. The molecule has 0 aliphatic carbocycles. The Balaban J connectivity index is 2.28. The molecule has 1 saturated heterocycles. The lowest BCUT2D eigenvalue weighted by Crippen LogP contribution is -2.55. The highest BCUT2D eigenvalue weighted by molar-refractivity contribution is 5.99. The Morgan fingerprint density at radius 3 is 3.00 bits per heavy atom. The first-order valence-corrected chi connectivity index (χ1v) is 5.61.